The molecule has 0 amide bonds. The summed E-state index contributed by atoms with van der Waals surface area (Å²) in [6.07, 6.45) is -1.50. The largest absolute Gasteiger partial charge is 0.411 e. The van der Waals surface area contributed by atoms with Crippen molar-refractivity contribution in [2.45, 2.75) is 25.4 Å². The fourth-order valence-corrected chi connectivity index (χ4v) is 1.76. The highest BCUT2D eigenvalue weighted by molar-refractivity contribution is 4.70. The van der Waals surface area contributed by atoms with Crippen molar-refractivity contribution in [3.8, 4) is 0 Å². The van der Waals surface area contributed by atoms with E-state index in [2.05, 4.69) is 10.1 Å². The van der Waals surface area contributed by atoms with Gasteiger partial charge >= 0.3 is 6.18 Å². The monoisotopic (exact) mass is 255 g/mol. The van der Waals surface area contributed by atoms with Crippen molar-refractivity contribution in [1.29, 1.82) is 0 Å². The third-order valence-corrected chi connectivity index (χ3v) is 2.68. The van der Waals surface area contributed by atoms with Gasteiger partial charge in [-0.15, -0.1) is 0 Å². The molecule has 102 valence electrons. The smallest absolute Gasteiger partial charge is 0.381 e. The van der Waals surface area contributed by atoms with Gasteiger partial charge in [-0.3, -0.25) is 0 Å². The van der Waals surface area contributed by atoms with E-state index < -0.39 is 12.8 Å². The second-order valence-electron chi connectivity index (χ2n) is 4.28. The summed E-state index contributed by atoms with van der Waals surface area (Å²) >= 11 is 0. The molecular weight excluding hydrogens is 235 g/mol. The molecule has 0 aromatic heterocycles. The molecule has 0 aromatic carbocycles. The number of alkyl halides is 3. The summed E-state index contributed by atoms with van der Waals surface area (Å²) in [5, 5.41) is 3.27. The lowest BCUT2D eigenvalue weighted by Crippen LogP contribution is -2.18. The van der Waals surface area contributed by atoms with Crippen LogP contribution >= 0.6 is 0 Å². The van der Waals surface area contributed by atoms with E-state index in [-0.39, 0.29) is 6.61 Å². The standard InChI is InChI=1S/C11H20F3NO2/c12-11(13,14)9-17-6-1-5-16-7-3-10-2-4-15-8-10/h10,15H,1-9H2. The number of rotatable bonds is 8. The summed E-state index contributed by atoms with van der Waals surface area (Å²) in [5.41, 5.74) is 0. The van der Waals surface area contributed by atoms with Gasteiger partial charge in [0.05, 0.1) is 0 Å². The Labute approximate surface area is 99.7 Å². The molecule has 0 saturated carbocycles. The Morgan fingerprint density at radius 2 is 1.88 bits per heavy atom. The van der Waals surface area contributed by atoms with Crippen LogP contribution in [0.5, 0.6) is 0 Å². The van der Waals surface area contributed by atoms with E-state index >= 15 is 0 Å². The molecule has 0 spiro atoms. The minimum absolute atomic E-state index is 0.102. The number of hydrogen-bond donors (Lipinski definition) is 1. The second-order valence-corrected chi connectivity index (χ2v) is 4.28. The zero-order chi connectivity index (χ0) is 12.6. The Hall–Kier alpha value is -0.330. The van der Waals surface area contributed by atoms with E-state index in [1.807, 2.05) is 0 Å². The molecule has 1 unspecified atom stereocenters. The SMILES string of the molecule is FC(F)(F)COCCCOCCC1CCNC1. The van der Waals surface area contributed by atoms with E-state index in [4.69, 9.17) is 4.74 Å². The van der Waals surface area contributed by atoms with Gasteiger partial charge in [0.25, 0.3) is 0 Å². The van der Waals surface area contributed by atoms with Crippen LogP contribution in [-0.4, -0.2) is 45.7 Å². The Bertz CT molecular complexity index is 194. The molecule has 1 N–H and O–H groups in total. The molecule has 6 heteroatoms. The molecule has 1 aliphatic rings. The molecule has 1 heterocycles. The predicted octanol–water partition coefficient (Wildman–Crippen LogP) is 1.97. The number of hydrogen-bond acceptors (Lipinski definition) is 3. The average molecular weight is 255 g/mol. The number of nitrogens with one attached hydrogen (secondary N) is 1. The van der Waals surface area contributed by atoms with E-state index in [0.29, 0.717) is 25.6 Å². The summed E-state index contributed by atoms with van der Waals surface area (Å²) in [5.74, 6) is 0.691. The van der Waals surface area contributed by atoms with Gasteiger partial charge in [0.2, 0.25) is 0 Å². The Balaban J connectivity index is 1.78. The maximum absolute atomic E-state index is 11.7. The van der Waals surface area contributed by atoms with Crippen molar-refractivity contribution in [2.75, 3.05) is 39.5 Å². The first-order valence-corrected chi connectivity index (χ1v) is 6.01. The molecule has 17 heavy (non-hydrogen) atoms. The van der Waals surface area contributed by atoms with E-state index in [1.54, 1.807) is 0 Å². The fourth-order valence-electron chi connectivity index (χ4n) is 1.76. The highest BCUT2D eigenvalue weighted by atomic mass is 19.4. The molecule has 0 aromatic rings. The molecule has 1 aliphatic heterocycles. The fraction of sp³-hybridized carbons (Fsp3) is 1.00. The molecule has 1 fully saturated rings. The van der Waals surface area contributed by atoms with Crippen LogP contribution < -0.4 is 5.32 Å². The maximum Gasteiger partial charge on any atom is 0.411 e. The first kappa shape index (κ1) is 14.7. The van der Waals surface area contributed by atoms with Gasteiger partial charge in [-0.05, 0) is 38.3 Å². The third kappa shape index (κ3) is 8.40. The third-order valence-electron chi connectivity index (χ3n) is 2.68. The lowest BCUT2D eigenvalue weighted by atomic mass is 10.1. The molecule has 1 rings (SSSR count). The highest BCUT2D eigenvalue weighted by Gasteiger charge is 2.27. The summed E-state index contributed by atoms with van der Waals surface area (Å²) in [6.45, 7) is 2.23. The number of ether oxygens (including phenoxy) is 2. The predicted molar refractivity (Wildman–Crippen MR) is 57.9 cm³/mol. The molecule has 3 nitrogen and oxygen atoms in total. The highest BCUT2D eigenvalue weighted by Crippen LogP contribution is 2.14. The summed E-state index contributed by atoms with van der Waals surface area (Å²) in [4.78, 5) is 0. The zero-order valence-corrected chi connectivity index (χ0v) is 9.89. The lowest BCUT2D eigenvalue weighted by molar-refractivity contribution is -0.174. The van der Waals surface area contributed by atoms with Gasteiger partial charge in [0.15, 0.2) is 0 Å². The van der Waals surface area contributed by atoms with Crippen molar-refractivity contribution in [2.24, 2.45) is 5.92 Å². The van der Waals surface area contributed by atoms with Crippen LogP contribution in [0.25, 0.3) is 0 Å². The Morgan fingerprint density at radius 1 is 1.12 bits per heavy atom. The maximum atomic E-state index is 11.7. The van der Waals surface area contributed by atoms with Crippen molar-refractivity contribution >= 4 is 0 Å². The average Bonchev–Trinajstić information content (AvgIpc) is 2.73. The Kier molecular flexibility index (Phi) is 6.84. The summed E-state index contributed by atoms with van der Waals surface area (Å²) in [6, 6.07) is 0. The Morgan fingerprint density at radius 3 is 2.53 bits per heavy atom. The molecule has 0 aliphatic carbocycles. The van der Waals surface area contributed by atoms with Crippen LogP contribution in [0.4, 0.5) is 13.2 Å². The molecule has 1 atom stereocenters. The second kappa shape index (κ2) is 7.89. The van der Waals surface area contributed by atoms with Gasteiger partial charge in [-0.2, -0.15) is 13.2 Å². The van der Waals surface area contributed by atoms with Crippen LogP contribution in [0.1, 0.15) is 19.3 Å². The van der Waals surface area contributed by atoms with Gasteiger partial charge < -0.3 is 14.8 Å². The molecule has 1 saturated heterocycles. The van der Waals surface area contributed by atoms with Crippen molar-refractivity contribution < 1.29 is 22.6 Å². The van der Waals surface area contributed by atoms with Crippen LogP contribution in [0, 0.1) is 5.92 Å². The molecule has 0 bridgehead atoms. The summed E-state index contributed by atoms with van der Waals surface area (Å²) < 4.78 is 44.9. The molecule has 0 radical (unpaired) electrons. The van der Waals surface area contributed by atoms with E-state index in [0.717, 1.165) is 19.5 Å². The minimum atomic E-state index is -4.23. The van der Waals surface area contributed by atoms with Gasteiger partial charge in [-0.1, -0.05) is 0 Å². The molecular formula is C11H20F3NO2. The topological polar surface area (TPSA) is 30.5 Å². The lowest BCUT2D eigenvalue weighted by Gasteiger charge is -2.09. The quantitative estimate of drug-likeness (QED) is 0.673. The first-order chi connectivity index (χ1) is 8.08. The van der Waals surface area contributed by atoms with Crippen LogP contribution in [0.3, 0.4) is 0 Å². The van der Waals surface area contributed by atoms with Crippen molar-refractivity contribution in [1.82, 2.24) is 5.32 Å². The van der Waals surface area contributed by atoms with Gasteiger partial charge in [0, 0.05) is 19.8 Å². The van der Waals surface area contributed by atoms with E-state index in [9.17, 15) is 13.2 Å². The van der Waals surface area contributed by atoms with Crippen LogP contribution in [-0.2, 0) is 9.47 Å². The van der Waals surface area contributed by atoms with Crippen LogP contribution in [0.15, 0.2) is 0 Å². The van der Waals surface area contributed by atoms with Gasteiger partial charge in [-0.25, -0.2) is 0 Å². The number of halogens is 3. The first-order valence-electron chi connectivity index (χ1n) is 6.01. The van der Waals surface area contributed by atoms with Gasteiger partial charge in [0.1, 0.15) is 6.61 Å². The van der Waals surface area contributed by atoms with E-state index in [1.165, 1.54) is 6.42 Å². The summed E-state index contributed by atoms with van der Waals surface area (Å²) in [7, 11) is 0. The van der Waals surface area contributed by atoms with Crippen LogP contribution in [0.2, 0.25) is 0 Å². The zero-order valence-electron chi connectivity index (χ0n) is 9.89. The van der Waals surface area contributed by atoms with Crippen molar-refractivity contribution in [3.63, 3.8) is 0 Å². The normalized spacial score (nSPS) is 21.0. The van der Waals surface area contributed by atoms with Crippen molar-refractivity contribution in [3.05, 3.63) is 0 Å². The minimum Gasteiger partial charge on any atom is -0.381 e.